The van der Waals surface area contributed by atoms with Crippen molar-refractivity contribution in [2.75, 3.05) is 26.5 Å². The highest BCUT2D eigenvalue weighted by Gasteiger charge is 2.18. The van der Waals surface area contributed by atoms with Gasteiger partial charge in [0.25, 0.3) is 5.56 Å². The van der Waals surface area contributed by atoms with Crippen molar-refractivity contribution in [3.63, 3.8) is 0 Å². The molecule has 1 aromatic carbocycles. The van der Waals surface area contributed by atoms with Gasteiger partial charge in [-0.3, -0.25) is 19.5 Å². The number of carbonyl (C=O) groups is 2. The molecule has 0 radical (unpaired) electrons. The van der Waals surface area contributed by atoms with Crippen molar-refractivity contribution >= 4 is 34.6 Å². The minimum absolute atomic E-state index is 0.0437. The second-order valence-electron chi connectivity index (χ2n) is 5.31. The van der Waals surface area contributed by atoms with Gasteiger partial charge in [-0.1, -0.05) is 23.9 Å². The van der Waals surface area contributed by atoms with Gasteiger partial charge in [0.15, 0.2) is 5.16 Å². The van der Waals surface area contributed by atoms with E-state index in [0.29, 0.717) is 22.7 Å². The second kappa shape index (κ2) is 8.63. The summed E-state index contributed by atoms with van der Waals surface area (Å²) >= 11 is 1.10. The van der Waals surface area contributed by atoms with Crippen molar-refractivity contribution in [1.29, 1.82) is 0 Å². The molecule has 2 N–H and O–H groups in total. The average Bonchev–Trinajstić information content (AvgIpc) is 2.60. The molecule has 3 amide bonds. The Morgan fingerprint density at radius 3 is 2.76 bits per heavy atom. The molecule has 1 atom stereocenters. The van der Waals surface area contributed by atoms with Gasteiger partial charge in [0.1, 0.15) is 0 Å². The molecule has 0 fully saturated rings. The standard InChI is InChI=1S/C16H20N4O4S/c1-10(8-24-3)20-14(22)11-6-4-5-7-12(11)18-16(20)25-9-13(21)19-15(23)17-2/h4-7,10H,8-9H2,1-3H3,(H2,17,19,21,23)/t10-/m0/s1. The number of fused-ring (bicyclic) bond motifs is 1. The Bertz CT molecular complexity index is 836. The first-order valence-corrected chi connectivity index (χ1v) is 8.61. The van der Waals surface area contributed by atoms with Gasteiger partial charge in [0, 0.05) is 14.2 Å². The first-order valence-electron chi connectivity index (χ1n) is 7.62. The fraction of sp³-hybridized carbons (Fsp3) is 0.375. The van der Waals surface area contributed by atoms with Crippen LogP contribution in [0.5, 0.6) is 0 Å². The topological polar surface area (TPSA) is 102 Å². The largest absolute Gasteiger partial charge is 0.383 e. The maximum absolute atomic E-state index is 12.8. The number of aromatic nitrogens is 2. The lowest BCUT2D eigenvalue weighted by Gasteiger charge is -2.18. The van der Waals surface area contributed by atoms with E-state index < -0.39 is 11.9 Å². The van der Waals surface area contributed by atoms with Crippen LogP contribution in [0.2, 0.25) is 0 Å². The number of nitrogens with zero attached hydrogens (tertiary/aromatic N) is 2. The number of methoxy groups -OCH3 is 1. The Hall–Kier alpha value is -2.39. The van der Waals surface area contributed by atoms with E-state index in [1.165, 1.54) is 11.6 Å². The zero-order chi connectivity index (χ0) is 18.4. The van der Waals surface area contributed by atoms with Gasteiger partial charge in [-0.05, 0) is 19.1 Å². The van der Waals surface area contributed by atoms with Crippen LogP contribution in [-0.4, -0.2) is 48.0 Å². The fourth-order valence-electron chi connectivity index (χ4n) is 2.29. The number of urea groups is 1. The summed E-state index contributed by atoms with van der Waals surface area (Å²) in [5, 5.41) is 5.39. The van der Waals surface area contributed by atoms with Gasteiger partial charge < -0.3 is 10.1 Å². The maximum Gasteiger partial charge on any atom is 0.321 e. The van der Waals surface area contributed by atoms with Gasteiger partial charge in [-0.2, -0.15) is 0 Å². The van der Waals surface area contributed by atoms with E-state index in [4.69, 9.17) is 4.74 Å². The van der Waals surface area contributed by atoms with Crippen LogP contribution in [0.3, 0.4) is 0 Å². The first-order chi connectivity index (χ1) is 12.0. The summed E-state index contributed by atoms with van der Waals surface area (Å²) in [6.07, 6.45) is 0. The molecule has 0 unspecified atom stereocenters. The number of amides is 3. The second-order valence-corrected chi connectivity index (χ2v) is 6.25. The van der Waals surface area contributed by atoms with Crippen molar-refractivity contribution in [3.8, 4) is 0 Å². The van der Waals surface area contributed by atoms with Crippen LogP contribution in [0.15, 0.2) is 34.2 Å². The molecule has 9 heteroatoms. The van der Waals surface area contributed by atoms with Crippen molar-refractivity contribution < 1.29 is 14.3 Å². The first kappa shape index (κ1) is 18.9. The lowest BCUT2D eigenvalue weighted by atomic mass is 10.2. The number of carbonyl (C=O) groups excluding carboxylic acids is 2. The van der Waals surface area contributed by atoms with Gasteiger partial charge in [-0.15, -0.1) is 0 Å². The number of imide groups is 1. The third-order valence-electron chi connectivity index (χ3n) is 3.44. The Balaban J connectivity index is 2.36. The van der Waals surface area contributed by atoms with E-state index in [2.05, 4.69) is 15.6 Å². The van der Waals surface area contributed by atoms with Gasteiger partial charge in [0.2, 0.25) is 5.91 Å². The monoisotopic (exact) mass is 364 g/mol. The summed E-state index contributed by atoms with van der Waals surface area (Å²) in [6.45, 7) is 2.17. The average molecular weight is 364 g/mol. The molecule has 1 aromatic heterocycles. The summed E-state index contributed by atoms with van der Waals surface area (Å²) in [4.78, 5) is 40.3. The summed E-state index contributed by atoms with van der Waals surface area (Å²) in [6, 6.07) is 6.20. The van der Waals surface area contributed by atoms with Gasteiger partial charge in [-0.25, -0.2) is 9.78 Å². The Morgan fingerprint density at radius 2 is 2.08 bits per heavy atom. The molecule has 0 saturated heterocycles. The van der Waals surface area contributed by atoms with Crippen molar-refractivity contribution in [1.82, 2.24) is 20.2 Å². The van der Waals surface area contributed by atoms with Crippen LogP contribution in [0.25, 0.3) is 10.9 Å². The number of hydrogen-bond donors (Lipinski definition) is 2. The predicted molar refractivity (Wildman–Crippen MR) is 95.9 cm³/mol. The lowest BCUT2D eigenvalue weighted by Crippen LogP contribution is -2.38. The molecule has 8 nitrogen and oxygen atoms in total. The van der Waals surface area contributed by atoms with Gasteiger partial charge in [0.05, 0.1) is 29.3 Å². The summed E-state index contributed by atoms with van der Waals surface area (Å²) in [5.41, 5.74) is 0.368. The molecule has 0 aliphatic carbocycles. The van der Waals surface area contributed by atoms with E-state index >= 15 is 0 Å². The van der Waals surface area contributed by atoms with E-state index in [1.54, 1.807) is 31.4 Å². The molecular formula is C16H20N4O4S. The highest BCUT2D eigenvalue weighted by atomic mass is 32.2. The van der Waals surface area contributed by atoms with Crippen LogP contribution < -0.4 is 16.2 Å². The molecule has 0 aliphatic rings. The number of ether oxygens (including phenoxy) is 1. The Labute approximate surface area is 149 Å². The van der Waals surface area contributed by atoms with Crippen LogP contribution in [-0.2, 0) is 9.53 Å². The van der Waals surface area contributed by atoms with Crippen molar-refractivity contribution in [3.05, 3.63) is 34.6 Å². The minimum atomic E-state index is -0.581. The number of hydrogen-bond acceptors (Lipinski definition) is 6. The quantitative estimate of drug-likeness (QED) is 0.589. The highest BCUT2D eigenvalue weighted by molar-refractivity contribution is 7.99. The highest BCUT2D eigenvalue weighted by Crippen LogP contribution is 2.21. The molecule has 0 saturated carbocycles. The maximum atomic E-state index is 12.8. The van der Waals surface area contributed by atoms with Crippen LogP contribution in [0.4, 0.5) is 4.79 Å². The molecular weight excluding hydrogens is 344 g/mol. The lowest BCUT2D eigenvalue weighted by molar-refractivity contribution is -0.117. The van der Waals surface area contributed by atoms with Crippen LogP contribution in [0.1, 0.15) is 13.0 Å². The molecule has 1 heterocycles. The zero-order valence-corrected chi connectivity index (χ0v) is 15.1. The van der Waals surface area contributed by atoms with Crippen LogP contribution in [0, 0.1) is 0 Å². The fourth-order valence-corrected chi connectivity index (χ4v) is 3.18. The predicted octanol–water partition coefficient (Wildman–Crippen LogP) is 1.15. The number of benzene rings is 1. The summed E-state index contributed by atoms with van der Waals surface area (Å²) in [7, 11) is 2.98. The summed E-state index contributed by atoms with van der Waals surface area (Å²) in [5.74, 6) is -0.518. The number of nitrogens with one attached hydrogen (secondary N) is 2. The minimum Gasteiger partial charge on any atom is -0.383 e. The van der Waals surface area contributed by atoms with Gasteiger partial charge >= 0.3 is 6.03 Å². The van der Waals surface area contributed by atoms with E-state index in [9.17, 15) is 14.4 Å². The molecule has 134 valence electrons. The van der Waals surface area contributed by atoms with E-state index in [1.807, 2.05) is 6.92 Å². The van der Waals surface area contributed by atoms with Crippen molar-refractivity contribution in [2.24, 2.45) is 0 Å². The number of rotatable bonds is 6. The number of thioether (sulfide) groups is 1. The molecule has 0 bridgehead atoms. The molecule has 0 spiro atoms. The Morgan fingerprint density at radius 1 is 1.36 bits per heavy atom. The molecule has 2 aromatic rings. The third kappa shape index (κ3) is 4.58. The normalized spacial score (nSPS) is 12.0. The number of para-hydroxylation sites is 1. The summed E-state index contributed by atoms with van der Waals surface area (Å²) < 4.78 is 6.66. The van der Waals surface area contributed by atoms with Crippen molar-refractivity contribution in [2.45, 2.75) is 18.1 Å². The Kier molecular flexibility index (Phi) is 6.54. The van der Waals surface area contributed by atoms with E-state index in [-0.39, 0.29) is 17.4 Å². The molecule has 2 rings (SSSR count). The van der Waals surface area contributed by atoms with Crippen LogP contribution >= 0.6 is 11.8 Å². The smallest absolute Gasteiger partial charge is 0.321 e. The third-order valence-corrected chi connectivity index (χ3v) is 4.39. The molecule has 0 aliphatic heterocycles. The SMILES string of the molecule is CNC(=O)NC(=O)CSc1nc2ccccc2c(=O)n1[C@@H](C)COC. The zero-order valence-electron chi connectivity index (χ0n) is 14.2. The molecule has 25 heavy (non-hydrogen) atoms. The van der Waals surface area contributed by atoms with E-state index in [0.717, 1.165) is 11.8 Å².